The summed E-state index contributed by atoms with van der Waals surface area (Å²) in [5.41, 5.74) is -10.8. The molecule has 2 aliphatic rings. The normalized spacial score (nSPS) is 17.5. The van der Waals surface area contributed by atoms with Crippen molar-refractivity contribution in [3.8, 4) is 0 Å². The van der Waals surface area contributed by atoms with Gasteiger partial charge in [-0.15, -0.1) is 0 Å². The molecule has 1 spiro atoms. The number of nitro benzene ring substituents is 2. The monoisotopic (exact) mass is 560 g/mol. The number of hydrogen-bond acceptors (Lipinski definition) is 8. The predicted octanol–water partition coefficient (Wildman–Crippen LogP) is 3.75. The van der Waals surface area contributed by atoms with Gasteiger partial charge in [0.05, 0.1) is 45.2 Å². The van der Waals surface area contributed by atoms with E-state index in [1.165, 1.54) is 0 Å². The first-order valence-electron chi connectivity index (χ1n) is 10.4. The highest BCUT2D eigenvalue weighted by Gasteiger charge is 2.65. The Labute approximate surface area is 210 Å². The van der Waals surface area contributed by atoms with Crippen LogP contribution in [0.1, 0.15) is 24.0 Å². The van der Waals surface area contributed by atoms with Crippen LogP contribution in [-0.4, -0.2) is 33.5 Å². The molecule has 0 aliphatic carbocycles. The van der Waals surface area contributed by atoms with Crippen molar-refractivity contribution in [2.45, 2.75) is 25.2 Å². The van der Waals surface area contributed by atoms with Crippen LogP contribution >= 0.6 is 0 Å². The molecule has 0 radical (unpaired) electrons. The number of anilines is 2. The first-order chi connectivity index (χ1) is 17.9. The number of hydrogen-bond donors (Lipinski definition) is 0. The molecule has 0 unspecified atom stereocenters. The van der Waals surface area contributed by atoms with Gasteiger partial charge in [-0.25, -0.2) is 9.80 Å². The lowest BCUT2D eigenvalue weighted by molar-refractivity contribution is -0.385. The largest absolute Gasteiger partial charge is 0.418 e. The Bertz CT molecular complexity index is 1390. The van der Waals surface area contributed by atoms with Crippen LogP contribution in [0.25, 0.3) is 0 Å². The molecule has 2 heterocycles. The molecule has 39 heavy (non-hydrogen) atoms. The molecule has 204 valence electrons. The summed E-state index contributed by atoms with van der Waals surface area (Å²) in [6, 6.07) is 2.06. The van der Waals surface area contributed by atoms with Gasteiger partial charge in [-0.1, -0.05) is 0 Å². The van der Waals surface area contributed by atoms with E-state index in [4.69, 9.17) is 0 Å². The highest BCUT2D eigenvalue weighted by molar-refractivity contribution is 6.38. The summed E-state index contributed by atoms with van der Waals surface area (Å²) in [6.07, 6.45) is -13.1. The summed E-state index contributed by atoms with van der Waals surface area (Å²) in [5, 5.41) is 21.9. The average molecular weight is 560 g/mol. The molecule has 2 aromatic carbocycles. The highest BCUT2D eigenvalue weighted by Crippen LogP contribution is 2.50. The molecule has 0 N–H and O–H groups in total. The molecule has 0 saturated carbocycles. The summed E-state index contributed by atoms with van der Waals surface area (Å²) in [7, 11) is 0. The Morgan fingerprint density at radius 2 is 1.00 bits per heavy atom. The van der Waals surface area contributed by atoms with Crippen LogP contribution < -0.4 is 9.80 Å². The second-order valence-corrected chi connectivity index (χ2v) is 8.42. The van der Waals surface area contributed by atoms with Gasteiger partial charge in [-0.3, -0.25) is 39.4 Å². The lowest BCUT2D eigenvalue weighted by Gasteiger charge is -2.23. The van der Waals surface area contributed by atoms with E-state index < -0.39 is 98.0 Å². The van der Waals surface area contributed by atoms with Crippen LogP contribution in [0.15, 0.2) is 36.4 Å². The van der Waals surface area contributed by atoms with Crippen LogP contribution in [0.5, 0.6) is 0 Å². The fourth-order valence-electron chi connectivity index (χ4n) is 4.39. The number of imide groups is 2. The van der Waals surface area contributed by atoms with Gasteiger partial charge in [0.1, 0.15) is 5.41 Å². The molecule has 4 rings (SSSR count). The lowest BCUT2D eigenvalue weighted by atomic mass is 9.84. The smallest absolute Gasteiger partial charge is 0.274 e. The number of alkyl halides is 6. The van der Waals surface area contributed by atoms with Gasteiger partial charge < -0.3 is 0 Å². The number of nitro groups is 2. The van der Waals surface area contributed by atoms with E-state index in [9.17, 15) is 65.7 Å². The lowest BCUT2D eigenvalue weighted by Crippen LogP contribution is -2.42. The van der Waals surface area contributed by atoms with Crippen molar-refractivity contribution in [2.75, 3.05) is 9.80 Å². The molecule has 0 bridgehead atoms. The maximum absolute atomic E-state index is 13.7. The Balaban J connectivity index is 1.82. The predicted molar refractivity (Wildman–Crippen MR) is 113 cm³/mol. The van der Waals surface area contributed by atoms with E-state index in [1.807, 2.05) is 0 Å². The Morgan fingerprint density at radius 3 is 1.28 bits per heavy atom. The number of halogens is 6. The van der Waals surface area contributed by atoms with Crippen molar-refractivity contribution in [3.63, 3.8) is 0 Å². The van der Waals surface area contributed by atoms with E-state index in [2.05, 4.69) is 0 Å². The molecule has 2 aliphatic heterocycles. The van der Waals surface area contributed by atoms with Gasteiger partial charge in [0.25, 0.3) is 23.2 Å². The molecule has 0 atom stereocenters. The van der Waals surface area contributed by atoms with Crippen molar-refractivity contribution < 1.29 is 55.4 Å². The van der Waals surface area contributed by atoms with Gasteiger partial charge >= 0.3 is 12.4 Å². The first kappa shape index (κ1) is 27.1. The van der Waals surface area contributed by atoms with Crippen molar-refractivity contribution in [3.05, 3.63) is 67.8 Å². The van der Waals surface area contributed by atoms with E-state index in [1.54, 1.807) is 0 Å². The van der Waals surface area contributed by atoms with Gasteiger partial charge in [0.15, 0.2) is 0 Å². The fraction of sp³-hybridized carbons (Fsp3) is 0.238. The maximum Gasteiger partial charge on any atom is 0.418 e. The van der Waals surface area contributed by atoms with E-state index >= 15 is 0 Å². The quantitative estimate of drug-likeness (QED) is 0.180. The zero-order valence-electron chi connectivity index (χ0n) is 18.7. The Hall–Kier alpha value is -4.90. The molecular formula is C21H10F6N4O8. The number of benzene rings is 2. The molecule has 0 aromatic heterocycles. The minimum atomic E-state index is -5.33. The first-order valence-corrected chi connectivity index (χ1v) is 10.4. The van der Waals surface area contributed by atoms with Crippen molar-refractivity contribution in [1.29, 1.82) is 0 Å². The topological polar surface area (TPSA) is 161 Å². The van der Waals surface area contributed by atoms with Crippen LogP contribution in [0, 0.1) is 25.6 Å². The SMILES string of the molecule is O=C1CC2(CC(=O)N(c3ccc([N+](=O)[O-])cc3C(F)(F)F)C2=O)C(=O)N1c1ccc([N+](=O)[O-])cc1C(F)(F)F. The number of carbonyl (C=O) groups is 4. The van der Waals surface area contributed by atoms with Crippen LogP contribution in [-0.2, 0) is 31.5 Å². The zero-order valence-corrected chi connectivity index (χ0v) is 18.7. The third-order valence-electron chi connectivity index (χ3n) is 6.10. The maximum atomic E-state index is 13.7. The second-order valence-electron chi connectivity index (χ2n) is 8.42. The third kappa shape index (κ3) is 4.22. The number of carbonyl (C=O) groups excluding carboxylic acids is 4. The molecule has 12 nitrogen and oxygen atoms in total. The summed E-state index contributed by atoms with van der Waals surface area (Å²) < 4.78 is 82.1. The summed E-state index contributed by atoms with van der Waals surface area (Å²) in [4.78, 5) is 71.4. The summed E-state index contributed by atoms with van der Waals surface area (Å²) in [5.74, 6) is -6.18. The van der Waals surface area contributed by atoms with Crippen LogP contribution in [0.2, 0.25) is 0 Å². The molecular weight excluding hydrogens is 550 g/mol. The molecule has 4 amide bonds. The highest BCUT2D eigenvalue weighted by atomic mass is 19.4. The fourth-order valence-corrected chi connectivity index (χ4v) is 4.39. The number of amides is 4. The zero-order chi connectivity index (χ0) is 29.2. The van der Waals surface area contributed by atoms with Crippen molar-refractivity contribution >= 4 is 46.4 Å². The molecule has 2 saturated heterocycles. The summed E-state index contributed by atoms with van der Waals surface area (Å²) in [6.45, 7) is 0. The Morgan fingerprint density at radius 1 is 0.667 bits per heavy atom. The van der Waals surface area contributed by atoms with E-state index in [-0.39, 0.29) is 21.9 Å². The van der Waals surface area contributed by atoms with Gasteiger partial charge in [-0.2, -0.15) is 26.3 Å². The summed E-state index contributed by atoms with van der Waals surface area (Å²) >= 11 is 0. The van der Waals surface area contributed by atoms with Crippen LogP contribution in [0.3, 0.4) is 0 Å². The van der Waals surface area contributed by atoms with Crippen molar-refractivity contribution in [1.82, 2.24) is 0 Å². The third-order valence-corrected chi connectivity index (χ3v) is 6.10. The van der Waals surface area contributed by atoms with Crippen molar-refractivity contribution in [2.24, 2.45) is 5.41 Å². The molecule has 18 heteroatoms. The van der Waals surface area contributed by atoms with Gasteiger partial charge in [0.2, 0.25) is 11.8 Å². The minimum absolute atomic E-state index is 0.0430. The standard InChI is InChI=1S/C21H10F6N4O8/c22-20(23,24)11-5-9(30(36)37)1-3-13(11)28-15(32)7-19(17(28)34)8-16(33)29(18(19)35)14-4-2-10(31(38)39)6-12(14)21(25,26)27/h1-6H,7-8H2. The average Bonchev–Trinajstić information content (AvgIpc) is 3.21. The number of nitrogens with zero attached hydrogens (tertiary/aromatic N) is 4. The number of rotatable bonds is 4. The molecule has 2 fully saturated rings. The number of non-ortho nitro benzene ring substituents is 2. The van der Waals surface area contributed by atoms with Gasteiger partial charge in [-0.05, 0) is 12.1 Å². The second kappa shape index (κ2) is 8.57. The van der Waals surface area contributed by atoms with Gasteiger partial charge in [0, 0.05) is 24.3 Å². The van der Waals surface area contributed by atoms with E-state index in [0.29, 0.717) is 24.3 Å². The molecule has 2 aromatic rings. The van der Waals surface area contributed by atoms with Crippen LogP contribution in [0.4, 0.5) is 49.1 Å². The minimum Gasteiger partial charge on any atom is -0.274 e. The Kier molecular flexibility index (Phi) is 5.96. The van der Waals surface area contributed by atoms with E-state index in [0.717, 1.165) is 0 Å².